The lowest BCUT2D eigenvalue weighted by Crippen LogP contribution is -2.38. The number of hydrogen-bond donors (Lipinski definition) is 1. The molecule has 1 heterocycles. The van der Waals surface area contributed by atoms with Gasteiger partial charge in [0.15, 0.2) is 0 Å². The zero-order chi connectivity index (χ0) is 15.2. The van der Waals surface area contributed by atoms with Crippen LogP contribution in [0.1, 0.15) is 25.8 Å². The normalized spacial score (nSPS) is 23.6. The van der Waals surface area contributed by atoms with E-state index < -0.39 is 0 Å². The van der Waals surface area contributed by atoms with Crippen molar-refractivity contribution >= 4 is 5.91 Å². The van der Waals surface area contributed by atoms with Gasteiger partial charge < -0.3 is 9.64 Å². The van der Waals surface area contributed by atoms with E-state index in [9.17, 15) is 4.79 Å². The molecule has 3 unspecified atom stereocenters. The predicted molar refractivity (Wildman–Crippen MR) is 83.9 cm³/mol. The molecule has 0 aromatic heterocycles. The van der Waals surface area contributed by atoms with E-state index in [4.69, 9.17) is 4.74 Å². The fraction of sp³-hybridized carbons (Fsp3) is 0.588. The highest BCUT2D eigenvalue weighted by molar-refractivity contribution is 5.84. The Bertz CT molecular complexity index is 449. The van der Waals surface area contributed by atoms with Gasteiger partial charge in [-0.3, -0.25) is 10.1 Å². The van der Waals surface area contributed by atoms with E-state index in [1.807, 2.05) is 23.1 Å². The van der Waals surface area contributed by atoms with Crippen molar-refractivity contribution in [3.8, 4) is 0 Å². The summed E-state index contributed by atoms with van der Waals surface area (Å²) in [4.78, 5) is 14.4. The van der Waals surface area contributed by atoms with Crippen molar-refractivity contribution in [3.05, 3.63) is 35.9 Å². The van der Waals surface area contributed by atoms with Gasteiger partial charge in [0.05, 0.1) is 18.8 Å². The van der Waals surface area contributed by atoms with Crippen molar-refractivity contribution in [2.75, 3.05) is 20.3 Å². The second-order valence-electron chi connectivity index (χ2n) is 5.97. The van der Waals surface area contributed by atoms with E-state index >= 15 is 0 Å². The van der Waals surface area contributed by atoms with E-state index in [2.05, 4.69) is 31.3 Å². The quantitative estimate of drug-likeness (QED) is 0.835. The number of aryl methyl sites for hydroxylation is 1. The maximum Gasteiger partial charge on any atom is 0.241 e. The first-order valence-corrected chi connectivity index (χ1v) is 7.71. The van der Waals surface area contributed by atoms with Crippen LogP contribution in [0.4, 0.5) is 0 Å². The largest absolute Gasteiger partial charge is 0.384 e. The molecule has 1 aromatic rings. The molecule has 4 nitrogen and oxygen atoms in total. The van der Waals surface area contributed by atoms with E-state index in [0.29, 0.717) is 12.5 Å². The lowest BCUT2D eigenvalue weighted by molar-refractivity contribution is -0.130. The Labute approximate surface area is 127 Å². The Hall–Kier alpha value is -1.39. The molecule has 0 saturated carbocycles. The fourth-order valence-corrected chi connectivity index (χ4v) is 2.93. The summed E-state index contributed by atoms with van der Waals surface area (Å²) in [6, 6.07) is 10.3. The Morgan fingerprint density at radius 2 is 2.05 bits per heavy atom. The lowest BCUT2D eigenvalue weighted by Gasteiger charge is -2.24. The van der Waals surface area contributed by atoms with Gasteiger partial charge in [-0.1, -0.05) is 37.3 Å². The number of rotatable bonds is 7. The van der Waals surface area contributed by atoms with E-state index in [1.165, 1.54) is 5.56 Å². The summed E-state index contributed by atoms with van der Waals surface area (Å²) in [6.07, 6.45) is 1.89. The molecule has 0 bridgehead atoms. The Morgan fingerprint density at radius 3 is 2.71 bits per heavy atom. The second-order valence-corrected chi connectivity index (χ2v) is 5.97. The number of benzene rings is 1. The van der Waals surface area contributed by atoms with Gasteiger partial charge in [-0.2, -0.15) is 0 Å². The molecule has 1 aliphatic heterocycles. The smallest absolute Gasteiger partial charge is 0.241 e. The number of hydrogen-bond acceptors (Lipinski definition) is 3. The SMILES string of the molecule is COCC(C)CN1C(=O)C(CCc2ccccc2)NC1C. The summed E-state index contributed by atoms with van der Waals surface area (Å²) in [7, 11) is 1.70. The zero-order valence-corrected chi connectivity index (χ0v) is 13.2. The number of carbonyl (C=O) groups is 1. The Kier molecular flexibility index (Phi) is 5.76. The van der Waals surface area contributed by atoms with Gasteiger partial charge in [-0.25, -0.2) is 0 Å². The van der Waals surface area contributed by atoms with Crippen LogP contribution in [0.25, 0.3) is 0 Å². The van der Waals surface area contributed by atoms with Gasteiger partial charge in [0.25, 0.3) is 0 Å². The first-order chi connectivity index (χ1) is 10.1. The monoisotopic (exact) mass is 290 g/mol. The van der Waals surface area contributed by atoms with Crippen molar-refractivity contribution < 1.29 is 9.53 Å². The first kappa shape index (κ1) is 16.0. The van der Waals surface area contributed by atoms with Gasteiger partial charge in [-0.15, -0.1) is 0 Å². The molecule has 116 valence electrons. The van der Waals surface area contributed by atoms with Crippen molar-refractivity contribution in [3.63, 3.8) is 0 Å². The summed E-state index contributed by atoms with van der Waals surface area (Å²) >= 11 is 0. The molecule has 1 aromatic carbocycles. The van der Waals surface area contributed by atoms with Crippen LogP contribution in [-0.2, 0) is 16.0 Å². The molecule has 4 heteroatoms. The molecule has 0 spiro atoms. The van der Waals surface area contributed by atoms with Crippen LogP contribution in [0.5, 0.6) is 0 Å². The fourth-order valence-electron chi connectivity index (χ4n) is 2.93. The minimum atomic E-state index is -0.0602. The lowest BCUT2D eigenvalue weighted by atomic mass is 10.1. The standard InChI is InChI=1S/C17H26N2O2/c1-13(12-21-3)11-19-14(2)18-16(17(19)20)10-9-15-7-5-4-6-8-15/h4-8,13-14,16,18H,9-12H2,1-3H3. The van der Waals surface area contributed by atoms with E-state index in [1.54, 1.807) is 7.11 Å². The first-order valence-electron chi connectivity index (χ1n) is 7.71. The van der Waals surface area contributed by atoms with Crippen LogP contribution < -0.4 is 5.32 Å². The highest BCUT2D eigenvalue weighted by atomic mass is 16.5. The van der Waals surface area contributed by atoms with Crippen molar-refractivity contribution in [2.24, 2.45) is 5.92 Å². The molecule has 1 N–H and O–H groups in total. The second kappa shape index (κ2) is 7.57. The molecule has 21 heavy (non-hydrogen) atoms. The molecule has 3 atom stereocenters. The van der Waals surface area contributed by atoms with E-state index in [-0.39, 0.29) is 18.1 Å². The molecule has 1 aliphatic rings. The topological polar surface area (TPSA) is 41.6 Å². The van der Waals surface area contributed by atoms with Crippen LogP contribution in [-0.4, -0.2) is 43.3 Å². The molecule has 0 aliphatic carbocycles. The summed E-state index contributed by atoms with van der Waals surface area (Å²) in [5, 5.41) is 3.41. The van der Waals surface area contributed by atoms with Gasteiger partial charge in [0.1, 0.15) is 0 Å². The van der Waals surface area contributed by atoms with Gasteiger partial charge >= 0.3 is 0 Å². The number of nitrogens with zero attached hydrogens (tertiary/aromatic N) is 1. The number of carbonyl (C=O) groups excluding carboxylic acids is 1. The third-order valence-electron chi connectivity index (χ3n) is 4.02. The van der Waals surface area contributed by atoms with Crippen LogP contribution in [0.2, 0.25) is 0 Å². The number of nitrogens with one attached hydrogen (secondary N) is 1. The molecule has 1 amide bonds. The predicted octanol–water partition coefficient (Wildman–Crippen LogP) is 2.05. The Morgan fingerprint density at radius 1 is 1.33 bits per heavy atom. The number of methoxy groups -OCH3 is 1. The van der Waals surface area contributed by atoms with Crippen molar-refractivity contribution in [1.82, 2.24) is 10.2 Å². The molecular formula is C17H26N2O2. The molecule has 0 radical (unpaired) electrons. The summed E-state index contributed by atoms with van der Waals surface area (Å²) < 4.78 is 5.16. The Balaban J connectivity index is 1.87. The van der Waals surface area contributed by atoms with Gasteiger partial charge in [-0.05, 0) is 31.2 Å². The van der Waals surface area contributed by atoms with Crippen LogP contribution in [0.15, 0.2) is 30.3 Å². The third kappa shape index (κ3) is 4.29. The van der Waals surface area contributed by atoms with Crippen LogP contribution in [0, 0.1) is 5.92 Å². The molecule has 2 rings (SSSR count). The summed E-state index contributed by atoms with van der Waals surface area (Å²) in [5.41, 5.74) is 1.28. The maximum absolute atomic E-state index is 12.5. The minimum absolute atomic E-state index is 0.0602. The average molecular weight is 290 g/mol. The number of ether oxygens (including phenoxy) is 1. The van der Waals surface area contributed by atoms with Crippen molar-refractivity contribution in [1.29, 1.82) is 0 Å². The molecule has 1 saturated heterocycles. The van der Waals surface area contributed by atoms with Gasteiger partial charge in [0, 0.05) is 13.7 Å². The molecule has 1 fully saturated rings. The average Bonchev–Trinajstić information content (AvgIpc) is 2.74. The minimum Gasteiger partial charge on any atom is -0.384 e. The zero-order valence-electron chi connectivity index (χ0n) is 13.2. The third-order valence-corrected chi connectivity index (χ3v) is 4.02. The molecular weight excluding hydrogens is 264 g/mol. The maximum atomic E-state index is 12.5. The van der Waals surface area contributed by atoms with Crippen LogP contribution >= 0.6 is 0 Å². The number of amides is 1. The van der Waals surface area contributed by atoms with Crippen LogP contribution in [0.3, 0.4) is 0 Å². The van der Waals surface area contributed by atoms with E-state index in [0.717, 1.165) is 19.4 Å². The summed E-state index contributed by atoms with van der Waals surface area (Å²) in [6.45, 7) is 5.61. The van der Waals surface area contributed by atoms with Gasteiger partial charge in [0.2, 0.25) is 5.91 Å². The van der Waals surface area contributed by atoms with Crippen molar-refractivity contribution in [2.45, 2.75) is 38.9 Å². The highest BCUT2D eigenvalue weighted by Crippen LogP contribution is 2.17. The summed E-state index contributed by atoms with van der Waals surface area (Å²) in [5.74, 6) is 0.581. The highest BCUT2D eigenvalue weighted by Gasteiger charge is 2.36.